The predicted molar refractivity (Wildman–Crippen MR) is 113 cm³/mol. The maximum absolute atomic E-state index is 11.0. The van der Waals surface area contributed by atoms with E-state index in [-0.39, 0.29) is 5.69 Å². The van der Waals surface area contributed by atoms with E-state index in [1.807, 2.05) is 30.7 Å². The normalized spacial score (nSPS) is 11.3. The quantitative estimate of drug-likeness (QED) is 0.216. The summed E-state index contributed by atoms with van der Waals surface area (Å²) < 4.78 is 2.05. The molecule has 0 radical (unpaired) electrons. The molecule has 0 saturated heterocycles. The molecule has 30 heavy (non-hydrogen) atoms. The van der Waals surface area contributed by atoms with Crippen LogP contribution in [0.2, 0.25) is 0 Å². The van der Waals surface area contributed by atoms with Crippen LogP contribution in [0.4, 0.5) is 11.4 Å². The van der Waals surface area contributed by atoms with Crippen LogP contribution in [0.3, 0.4) is 0 Å². The fraction of sp³-hybridized carbons (Fsp3) is 0.150. The van der Waals surface area contributed by atoms with Gasteiger partial charge >= 0.3 is 0 Å². The van der Waals surface area contributed by atoms with Gasteiger partial charge in [-0.25, -0.2) is 9.97 Å². The Balaban J connectivity index is 1.35. The zero-order chi connectivity index (χ0) is 20.5. The molecule has 0 spiro atoms. The van der Waals surface area contributed by atoms with Crippen molar-refractivity contribution in [1.82, 2.24) is 29.7 Å². The SMILES string of the molecule is O=[N+]([O-])c1ccc2c(-c3nc4ccc(NCCCn5ccnc5)cc4[nH]3)n[nH]c2c1. The number of nitrogens with zero attached hydrogens (tertiary/aromatic N) is 5. The molecule has 3 aromatic heterocycles. The zero-order valence-corrected chi connectivity index (χ0v) is 15.9. The number of nitro groups is 1. The van der Waals surface area contributed by atoms with Crippen molar-refractivity contribution < 1.29 is 4.92 Å². The van der Waals surface area contributed by atoms with Gasteiger partial charge in [0.05, 0.1) is 27.8 Å². The van der Waals surface area contributed by atoms with Crippen LogP contribution in [0.5, 0.6) is 0 Å². The van der Waals surface area contributed by atoms with Crippen molar-refractivity contribution in [2.75, 3.05) is 11.9 Å². The number of anilines is 1. The highest BCUT2D eigenvalue weighted by atomic mass is 16.6. The van der Waals surface area contributed by atoms with Crippen molar-refractivity contribution >= 4 is 33.3 Å². The number of fused-ring (bicyclic) bond motifs is 2. The van der Waals surface area contributed by atoms with E-state index in [1.54, 1.807) is 12.3 Å². The summed E-state index contributed by atoms with van der Waals surface area (Å²) in [6.45, 7) is 1.75. The Morgan fingerprint density at radius 3 is 2.93 bits per heavy atom. The highest BCUT2D eigenvalue weighted by Crippen LogP contribution is 2.29. The maximum atomic E-state index is 11.0. The summed E-state index contributed by atoms with van der Waals surface area (Å²) in [6.07, 6.45) is 6.53. The lowest BCUT2D eigenvalue weighted by Gasteiger charge is -2.06. The summed E-state index contributed by atoms with van der Waals surface area (Å²) >= 11 is 0. The van der Waals surface area contributed by atoms with Gasteiger partial charge in [0, 0.05) is 48.7 Å². The largest absolute Gasteiger partial charge is 0.385 e. The number of aromatic amines is 2. The van der Waals surface area contributed by atoms with Gasteiger partial charge in [-0.3, -0.25) is 15.2 Å². The number of non-ortho nitro benzene ring substituents is 1. The molecule has 5 aromatic rings. The van der Waals surface area contributed by atoms with Crippen molar-refractivity contribution in [2.24, 2.45) is 0 Å². The van der Waals surface area contributed by atoms with Crippen molar-refractivity contribution in [1.29, 1.82) is 0 Å². The second kappa shape index (κ2) is 7.32. The van der Waals surface area contributed by atoms with E-state index in [1.165, 1.54) is 12.1 Å². The molecule has 0 atom stereocenters. The number of aromatic nitrogens is 6. The van der Waals surface area contributed by atoms with Crippen molar-refractivity contribution in [3.8, 4) is 11.5 Å². The molecule has 150 valence electrons. The number of H-pyrrole nitrogens is 2. The van der Waals surface area contributed by atoms with Crippen molar-refractivity contribution in [3.63, 3.8) is 0 Å². The van der Waals surface area contributed by atoms with Crippen LogP contribution in [-0.4, -0.2) is 41.2 Å². The van der Waals surface area contributed by atoms with E-state index in [2.05, 4.69) is 35.0 Å². The van der Waals surface area contributed by atoms with E-state index < -0.39 is 4.92 Å². The Labute approximate surface area is 170 Å². The van der Waals surface area contributed by atoms with Crippen LogP contribution in [0.15, 0.2) is 55.1 Å². The Hall–Kier alpha value is -4.21. The zero-order valence-electron chi connectivity index (χ0n) is 15.9. The van der Waals surface area contributed by atoms with E-state index >= 15 is 0 Å². The van der Waals surface area contributed by atoms with Gasteiger partial charge in [-0.2, -0.15) is 5.10 Å². The van der Waals surface area contributed by atoms with E-state index in [9.17, 15) is 10.1 Å². The lowest BCUT2D eigenvalue weighted by molar-refractivity contribution is -0.384. The fourth-order valence-electron chi connectivity index (χ4n) is 3.45. The molecule has 0 unspecified atom stereocenters. The topological polar surface area (TPSA) is 130 Å². The van der Waals surface area contributed by atoms with Gasteiger partial charge in [0.1, 0.15) is 5.69 Å². The fourth-order valence-corrected chi connectivity index (χ4v) is 3.45. The summed E-state index contributed by atoms with van der Waals surface area (Å²) in [6, 6.07) is 10.6. The van der Waals surface area contributed by atoms with Crippen molar-refractivity contribution in [2.45, 2.75) is 13.0 Å². The van der Waals surface area contributed by atoms with Gasteiger partial charge in [0.2, 0.25) is 0 Å². The van der Waals surface area contributed by atoms with Crippen LogP contribution in [0, 0.1) is 10.1 Å². The monoisotopic (exact) mass is 402 g/mol. The number of aryl methyl sites for hydroxylation is 1. The number of hydrogen-bond donors (Lipinski definition) is 3. The maximum Gasteiger partial charge on any atom is 0.271 e. The molecule has 2 aromatic carbocycles. The molecule has 0 fully saturated rings. The standard InChI is InChI=1S/C20H18N8O2/c29-28(30)14-3-4-15-17(11-14)25-26-19(15)20-23-16-5-2-13(10-18(16)24-20)22-6-1-8-27-9-7-21-12-27/h2-5,7,9-12,22H,1,6,8H2,(H,23,24)(H,25,26). The molecule has 0 aliphatic carbocycles. The van der Waals surface area contributed by atoms with Crippen LogP contribution in [0.25, 0.3) is 33.5 Å². The third kappa shape index (κ3) is 3.34. The summed E-state index contributed by atoms with van der Waals surface area (Å²) in [4.78, 5) is 22.5. The average Bonchev–Trinajstić information content (AvgIpc) is 3.49. The number of imidazole rings is 2. The van der Waals surface area contributed by atoms with E-state index in [4.69, 9.17) is 0 Å². The first-order valence-corrected chi connectivity index (χ1v) is 9.50. The molecule has 0 amide bonds. The smallest absolute Gasteiger partial charge is 0.271 e. The Morgan fingerprint density at radius 2 is 2.10 bits per heavy atom. The number of benzene rings is 2. The average molecular weight is 402 g/mol. The minimum Gasteiger partial charge on any atom is -0.385 e. The molecule has 0 aliphatic heterocycles. The third-order valence-corrected chi connectivity index (χ3v) is 4.94. The van der Waals surface area contributed by atoms with E-state index in [0.29, 0.717) is 17.0 Å². The molecule has 3 N–H and O–H groups in total. The summed E-state index contributed by atoms with van der Waals surface area (Å²) in [5.41, 5.74) is 3.97. The van der Waals surface area contributed by atoms with Gasteiger partial charge in [-0.15, -0.1) is 0 Å². The summed E-state index contributed by atoms with van der Waals surface area (Å²) in [5, 5.41) is 22.3. The van der Waals surface area contributed by atoms with Gasteiger partial charge in [-0.05, 0) is 30.7 Å². The number of nitro benzene ring substituents is 1. The lowest BCUT2D eigenvalue weighted by atomic mass is 10.2. The van der Waals surface area contributed by atoms with Crippen LogP contribution >= 0.6 is 0 Å². The Kier molecular flexibility index (Phi) is 4.36. The molecule has 0 saturated carbocycles. The minimum atomic E-state index is -0.425. The van der Waals surface area contributed by atoms with Gasteiger partial charge in [0.15, 0.2) is 5.82 Å². The highest BCUT2D eigenvalue weighted by Gasteiger charge is 2.15. The number of rotatable bonds is 7. The number of nitrogens with one attached hydrogen (secondary N) is 3. The van der Waals surface area contributed by atoms with Crippen LogP contribution in [0.1, 0.15) is 6.42 Å². The van der Waals surface area contributed by atoms with Crippen molar-refractivity contribution in [3.05, 3.63) is 65.2 Å². The Bertz CT molecular complexity index is 1340. The first kappa shape index (κ1) is 17.9. The summed E-state index contributed by atoms with van der Waals surface area (Å²) in [5.74, 6) is 0.613. The molecule has 5 rings (SSSR count). The van der Waals surface area contributed by atoms with Gasteiger partial charge in [-0.1, -0.05) is 0 Å². The first-order chi connectivity index (χ1) is 14.7. The van der Waals surface area contributed by atoms with Crippen LogP contribution < -0.4 is 5.32 Å². The summed E-state index contributed by atoms with van der Waals surface area (Å²) in [7, 11) is 0. The molecular weight excluding hydrogens is 384 g/mol. The molecule has 3 heterocycles. The minimum absolute atomic E-state index is 0.0195. The van der Waals surface area contributed by atoms with Crippen LogP contribution in [-0.2, 0) is 6.54 Å². The van der Waals surface area contributed by atoms with Gasteiger partial charge < -0.3 is 14.9 Å². The lowest BCUT2D eigenvalue weighted by Crippen LogP contribution is -2.05. The second-order valence-electron chi connectivity index (χ2n) is 6.96. The Morgan fingerprint density at radius 1 is 1.17 bits per heavy atom. The molecular formula is C20H18N8O2. The first-order valence-electron chi connectivity index (χ1n) is 9.50. The third-order valence-electron chi connectivity index (χ3n) is 4.94. The molecule has 10 nitrogen and oxygen atoms in total. The highest BCUT2D eigenvalue weighted by molar-refractivity contribution is 5.94. The number of hydrogen-bond acceptors (Lipinski definition) is 6. The molecule has 0 bridgehead atoms. The predicted octanol–water partition coefficient (Wildman–Crippen LogP) is 3.71. The second-order valence-corrected chi connectivity index (χ2v) is 6.96. The molecule has 0 aliphatic rings. The van der Waals surface area contributed by atoms with Gasteiger partial charge in [0.25, 0.3) is 5.69 Å². The van der Waals surface area contributed by atoms with E-state index in [0.717, 1.165) is 41.6 Å². The molecule has 10 heteroatoms.